The van der Waals surface area contributed by atoms with E-state index in [1.807, 2.05) is 25.5 Å². The molecule has 0 N–H and O–H groups in total. The summed E-state index contributed by atoms with van der Waals surface area (Å²) in [4.78, 5) is 10.7. The Morgan fingerprint density at radius 1 is 1.10 bits per heavy atom. The van der Waals surface area contributed by atoms with Gasteiger partial charge in [0.15, 0.2) is 0 Å². The van der Waals surface area contributed by atoms with E-state index in [0.717, 1.165) is 18.7 Å². The summed E-state index contributed by atoms with van der Waals surface area (Å²) in [7, 11) is 2.14. The van der Waals surface area contributed by atoms with Crippen LogP contribution in [0.25, 0.3) is 10.8 Å². The van der Waals surface area contributed by atoms with Crippen molar-refractivity contribution in [3.63, 3.8) is 0 Å². The van der Waals surface area contributed by atoms with Crippen molar-refractivity contribution in [3.05, 3.63) is 66.2 Å². The fourth-order valence-electron chi connectivity index (χ4n) is 2.56. The number of nitrogens with zero attached hydrogens (tertiary/aromatic N) is 3. The van der Waals surface area contributed by atoms with E-state index < -0.39 is 0 Å². The number of hydrogen-bond donors (Lipinski definition) is 0. The molecule has 2 aromatic heterocycles. The number of anilines is 1. The molecule has 0 amide bonds. The van der Waals surface area contributed by atoms with Crippen molar-refractivity contribution in [1.82, 2.24) is 9.97 Å². The first-order chi connectivity index (χ1) is 10.2. The maximum atomic E-state index is 4.38. The van der Waals surface area contributed by atoms with E-state index in [9.17, 15) is 0 Å². The lowest BCUT2D eigenvalue weighted by atomic mass is 10.1. The van der Waals surface area contributed by atoms with Gasteiger partial charge < -0.3 is 4.90 Å². The lowest BCUT2D eigenvalue weighted by Gasteiger charge is -2.21. The Balaban J connectivity index is 1.84. The van der Waals surface area contributed by atoms with Crippen LogP contribution in [-0.4, -0.2) is 23.6 Å². The van der Waals surface area contributed by atoms with Crippen molar-refractivity contribution in [2.24, 2.45) is 0 Å². The highest BCUT2D eigenvalue weighted by Crippen LogP contribution is 2.26. The fourth-order valence-corrected chi connectivity index (χ4v) is 2.56. The molecule has 0 atom stereocenters. The minimum Gasteiger partial charge on any atom is -0.374 e. The zero-order valence-corrected chi connectivity index (χ0v) is 12.5. The first-order valence-corrected chi connectivity index (χ1v) is 7.19. The van der Waals surface area contributed by atoms with Crippen molar-refractivity contribution >= 4 is 16.5 Å². The van der Waals surface area contributed by atoms with Crippen molar-refractivity contribution in [3.8, 4) is 0 Å². The molecule has 2 heterocycles. The van der Waals surface area contributed by atoms with E-state index in [0.29, 0.717) is 0 Å². The van der Waals surface area contributed by atoms with E-state index in [4.69, 9.17) is 0 Å². The lowest BCUT2D eigenvalue weighted by molar-refractivity contribution is 0.878. The highest BCUT2D eigenvalue weighted by Gasteiger charge is 2.07. The minimum absolute atomic E-state index is 0.977. The maximum Gasteiger partial charge on any atom is 0.0444 e. The molecule has 0 saturated heterocycles. The highest BCUT2D eigenvalue weighted by molar-refractivity contribution is 5.93. The first-order valence-electron chi connectivity index (χ1n) is 7.19. The second-order valence-electron chi connectivity index (χ2n) is 5.35. The van der Waals surface area contributed by atoms with Crippen LogP contribution in [0.15, 0.2) is 55.0 Å². The van der Waals surface area contributed by atoms with Crippen molar-refractivity contribution in [1.29, 1.82) is 0 Å². The normalized spacial score (nSPS) is 10.8. The Hall–Kier alpha value is -2.42. The number of benzene rings is 1. The van der Waals surface area contributed by atoms with Crippen LogP contribution in [0.1, 0.15) is 11.3 Å². The van der Waals surface area contributed by atoms with Gasteiger partial charge in [-0.25, -0.2) is 0 Å². The predicted octanol–water partition coefficient (Wildman–Crippen LogP) is 3.62. The van der Waals surface area contributed by atoms with Crippen LogP contribution < -0.4 is 4.90 Å². The molecule has 1 aromatic carbocycles. The molecule has 0 bridgehead atoms. The third-order valence-corrected chi connectivity index (χ3v) is 3.77. The van der Waals surface area contributed by atoms with Gasteiger partial charge in [0.2, 0.25) is 0 Å². The van der Waals surface area contributed by atoms with Crippen molar-refractivity contribution in [2.75, 3.05) is 18.5 Å². The van der Waals surface area contributed by atoms with Crippen LogP contribution in [-0.2, 0) is 6.42 Å². The molecule has 0 aliphatic carbocycles. The molecule has 0 fully saturated rings. The zero-order valence-electron chi connectivity index (χ0n) is 12.5. The quantitative estimate of drug-likeness (QED) is 0.729. The predicted molar refractivity (Wildman–Crippen MR) is 87.7 cm³/mol. The Bertz CT molecular complexity index is 738. The van der Waals surface area contributed by atoms with E-state index in [-0.39, 0.29) is 0 Å². The molecule has 0 saturated carbocycles. The molecule has 3 rings (SSSR count). The summed E-state index contributed by atoms with van der Waals surface area (Å²) in [6, 6.07) is 12.7. The van der Waals surface area contributed by atoms with Gasteiger partial charge in [-0.2, -0.15) is 0 Å². The van der Waals surface area contributed by atoms with Gasteiger partial charge in [-0.3, -0.25) is 9.97 Å². The third-order valence-electron chi connectivity index (χ3n) is 3.77. The third kappa shape index (κ3) is 3.02. The fraction of sp³-hybridized carbons (Fsp3) is 0.222. The van der Waals surface area contributed by atoms with Gasteiger partial charge in [0.25, 0.3) is 0 Å². The van der Waals surface area contributed by atoms with Gasteiger partial charge in [0.1, 0.15) is 0 Å². The lowest BCUT2D eigenvalue weighted by Crippen LogP contribution is -2.20. The summed E-state index contributed by atoms with van der Waals surface area (Å²) in [6.07, 6.45) is 6.66. The maximum absolute atomic E-state index is 4.38. The number of fused-ring (bicyclic) bond motifs is 1. The summed E-state index contributed by atoms with van der Waals surface area (Å²) in [5, 5.41) is 2.45. The van der Waals surface area contributed by atoms with E-state index in [2.05, 4.69) is 58.3 Å². The minimum atomic E-state index is 0.977. The standard InChI is InChI=1S/C18H19N3/c1-14-12-17-16(13-20-14)4-3-5-18(17)21(2)11-8-15-6-9-19-10-7-15/h3-7,9-10,12-13H,8,11H2,1-2H3. The molecule has 3 nitrogen and oxygen atoms in total. The Kier molecular flexibility index (Phi) is 3.82. The number of aromatic nitrogens is 2. The van der Waals surface area contributed by atoms with Crippen molar-refractivity contribution in [2.45, 2.75) is 13.3 Å². The summed E-state index contributed by atoms with van der Waals surface area (Å²) >= 11 is 0. The number of pyridine rings is 2. The van der Waals surface area contributed by atoms with Crippen LogP contribution in [0.3, 0.4) is 0 Å². The zero-order chi connectivity index (χ0) is 14.7. The Labute approximate surface area is 125 Å². The summed E-state index contributed by atoms with van der Waals surface area (Å²) < 4.78 is 0. The SMILES string of the molecule is Cc1cc2c(N(C)CCc3ccncc3)cccc2cn1. The molecule has 3 aromatic rings. The van der Waals surface area contributed by atoms with Gasteiger partial charge >= 0.3 is 0 Å². The highest BCUT2D eigenvalue weighted by atomic mass is 15.1. The second kappa shape index (κ2) is 5.92. The van der Waals surface area contributed by atoms with Gasteiger partial charge in [-0.05, 0) is 43.2 Å². The van der Waals surface area contributed by atoms with Crippen LogP contribution in [0.2, 0.25) is 0 Å². The largest absolute Gasteiger partial charge is 0.374 e. The number of aryl methyl sites for hydroxylation is 1. The first kappa shape index (κ1) is 13.6. The second-order valence-corrected chi connectivity index (χ2v) is 5.35. The van der Waals surface area contributed by atoms with Crippen LogP contribution in [0.4, 0.5) is 5.69 Å². The summed E-state index contributed by atoms with van der Waals surface area (Å²) in [5.41, 5.74) is 3.62. The monoisotopic (exact) mass is 277 g/mol. The Morgan fingerprint density at radius 2 is 1.90 bits per heavy atom. The summed E-state index contributed by atoms with van der Waals surface area (Å²) in [6.45, 7) is 3.01. The Morgan fingerprint density at radius 3 is 2.71 bits per heavy atom. The molecule has 3 heteroatoms. The molecule has 0 spiro atoms. The van der Waals surface area contributed by atoms with E-state index in [1.165, 1.54) is 22.0 Å². The topological polar surface area (TPSA) is 29.0 Å². The summed E-state index contributed by atoms with van der Waals surface area (Å²) in [5.74, 6) is 0. The van der Waals surface area contributed by atoms with Crippen LogP contribution in [0.5, 0.6) is 0 Å². The van der Waals surface area contributed by atoms with Gasteiger partial charge in [-0.1, -0.05) is 12.1 Å². The molecule has 0 radical (unpaired) electrons. The molecular weight excluding hydrogens is 258 g/mol. The van der Waals surface area contributed by atoms with Crippen LogP contribution >= 0.6 is 0 Å². The van der Waals surface area contributed by atoms with E-state index in [1.54, 1.807) is 0 Å². The van der Waals surface area contributed by atoms with Crippen molar-refractivity contribution < 1.29 is 0 Å². The average Bonchev–Trinajstić information content (AvgIpc) is 2.53. The van der Waals surface area contributed by atoms with E-state index >= 15 is 0 Å². The molecular formula is C18H19N3. The van der Waals surface area contributed by atoms with Gasteiger partial charge in [-0.15, -0.1) is 0 Å². The average molecular weight is 277 g/mol. The number of hydrogen-bond acceptors (Lipinski definition) is 3. The molecule has 0 unspecified atom stereocenters. The molecule has 106 valence electrons. The molecule has 21 heavy (non-hydrogen) atoms. The van der Waals surface area contributed by atoms with Gasteiger partial charge in [0.05, 0.1) is 0 Å². The van der Waals surface area contributed by atoms with Crippen LogP contribution in [0, 0.1) is 6.92 Å². The molecule has 0 aliphatic heterocycles. The number of rotatable bonds is 4. The molecule has 0 aliphatic rings. The smallest absolute Gasteiger partial charge is 0.0444 e. The number of likely N-dealkylation sites (N-methyl/N-ethyl adjacent to an activating group) is 1. The van der Waals surface area contributed by atoms with Gasteiger partial charge in [0, 0.05) is 54.3 Å².